The summed E-state index contributed by atoms with van der Waals surface area (Å²) in [6, 6.07) is 8.47. The quantitative estimate of drug-likeness (QED) is 0.242. The van der Waals surface area contributed by atoms with Crippen LogP contribution in [0.3, 0.4) is 0 Å². The molecule has 0 bridgehead atoms. The van der Waals surface area contributed by atoms with Crippen molar-refractivity contribution in [1.29, 1.82) is 0 Å². The van der Waals surface area contributed by atoms with Gasteiger partial charge in [0.2, 0.25) is 0 Å². The molecule has 1 aliphatic carbocycles. The molecule has 1 aromatic heterocycles. The lowest BCUT2D eigenvalue weighted by Gasteiger charge is -2.23. The number of carbonyl (C=O) groups excluding carboxylic acids is 1. The molecule has 5 N–H and O–H groups in total. The van der Waals surface area contributed by atoms with E-state index in [2.05, 4.69) is 18.1 Å². The predicted molar refractivity (Wildman–Crippen MR) is 112 cm³/mol. The Morgan fingerprint density at radius 2 is 2.18 bits per heavy atom. The minimum Gasteiger partial charge on any atom is -0.507 e. The van der Waals surface area contributed by atoms with Crippen molar-refractivity contribution in [2.45, 2.75) is 18.1 Å². The Labute approximate surface area is 166 Å². The van der Waals surface area contributed by atoms with Crippen LogP contribution in [0.2, 0.25) is 0 Å². The number of hydrogen-bond acceptors (Lipinski definition) is 6. The Kier molecular flexibility index (Phi) is 4.39. The number of phenols is 1. The number of benzene rings is 1. The Morgan fingerprint density at radius 3 is 2.93 bits per heavy atom. The number of thioether (sulfide) groups is 1. The van der Waals surface area contributed by atoms with Crippen molar-refractivity contribution in [2.75, 3.05) is 0 Å². The molecule has 2 heterocycles. The highest BCUT2D eigenvalue weighted by molar-refractivity contribution is 8.06. The summed E-state index contributed by atoms with van der Waals surface area (Å²) in [6.07, 6.45) is 8.52. The number of hydrogen-bond donors (Lipinski definition) is 3. The SMILES string of the molecule is CC12CC=CC=C1C(=O)/C(=C/c1ccc(-c3ccc(O)c(/C(N)=N/N)c3)o1)S2. The number of carbonyl (C=O) groups is 1. The van der Waals surface area contributed by atoms with Crippen LogP contribution in [0.15, 0.2) is 68.6 Å². The van der Waals surface area contributed by atoms with Crippen LogP contribution in [-0.2, 0) is 4.79 Å². The number of aromatic hydroxyl groups is 1. The van der Waals surface area contributed by atoms with Crippen molar-refractivity contribution in [3.8, 4) is 17.1 Å². The summed E-state index contributed by atoms with van der Waals surface area (Å²) < 4.78 is 5.69. The van der Waals surface area contributed by atoms with Crippen LogP contribution in [0.1, 0.15) is 24.7 Å². The van der Waals surface area contributed by atoms with E-state index in [1.807, 2.05) is 12.2 Å². The average Bonchev–Trinajstić information content (AvgIpc) is 3.24. The van der Waals surface area contributed by atoms with Crippen LogP contribution in [0, 0.1) is 0 Å². The molecule has 7 heteroatoms. The van der Waals surface area contributed by atoms with E-state index in [1.54, 1.807) is 42.1 Å². The molecule has 0 spiro atoms. The van der Waals surface area contributed by atoms with Crippen molar-refractivity contribution in [1.82, 2.24) is 0 Å². The van der Waals surface area contributed by atoms with E-state index in [0.717, 1.165) is 12.0 Å². The summed E-state index contributed by atoms with van der Waals surface area (Å²) in [5.41, 5.74) is 7.58. The zero-order valence-corrected chi connectivity index (χ0v) is 16.0. The molecule has 2 aliphatic rings. The fraction of sp³-hybridized carbons (Fsp3) is 0.143. The van der Waals surface area contributed by atoms with Gasteiger partial charge in [-0.25, -0.2) is 0 Å². The zero-order valence-electron chi connectivity index (χ0n) is 15.2. The molecule has 1 aromatic carbocycles. The number of hydrazone groups is 1. The summed E-state index contributed by atoms with van der Waals surface area (Å²) in [4.78, 5) is 13.4. The normalized spacial score (nSPS) is 23.2. The first kappa shape index (κ1) is 18.2. The summed E-state index contributed by atoms with van der Waals surface area (Å²) in [6.45, 7) is 2.08. The molecule has 1 aliphatic heterocycles. The maximum atomic E-state index is 12.7. The number of Topliss-reactive ketones (excluding diaryl/α,β-unsaturated/α-hetero) is 1. The van der Waals surface area contributed by atoms with Gasteiger partial charge in [0.05, 0.1) is 15.2 Å². The number of nitrogens with two attached hydrogens (primary N) is 2. The minimum absolute atomic E-state index is 0.0185. The third-order valence-corrected chi connectivity index (χ3v) is 6.24. The number of ketones is 1. The first-order chi connectivity index (χ1) is 13.4. The van der Waals surface area contributed by atoms with Crippen molar-refractivity contribution in [3.05, 3.63) is 70.4 Å². The van der Waals surface area contributed by atoms with Gasteiger partial charge in [-0.15, -0.1) is 11.8 Å². The molecular formula is C21H19N3O3S. The van der Waals surface area contributed by atoms with Gasteiger partial charge in [0.1, 0.15) is 17.3 Å². The van der Waals surface area contributed by atoms with Crippen LogP contribution in [0.5, 0.6) is 5.75 Å². The molecule has 0 saturated carbocycles. The highest BCUT2D eigenvalue weighted by atomic mass is 32.2. The smallest absolute Gasteiger partial charge is 0.196 e. The number of fused-ring (bicyclic) bond motifs is 1. The van der Waals surface area contributed by atoms with E-state index in [9.17, 15) is 9.90 Å². The van der Waals surface area contributed by atoms with E-state index in [-0.39, 0.29) is 22.1 Å². The Bertz CT molecular complexity index is 1090. The van der Waals surface area contributed by atoms with Crippen molar-refractivity contribution in [2.24, 2.45) is 16.7 Å². The van der Waals surface area contributed by atoms with Gasteiger partial charge in [-0.1, -0.05) is 18.2 Å². The second kappa shape index (κ2) is 6.76. The van der Waals surface area contributed by atoms with Crippen LogP contribution < -0.4 is 11.6 Å². The third kappa shape index (κ3) is 3.03. The van der Waals surface area contributed by atoms with Crippen molar-refractivity contribution >= 4 is 29.5 Å². The van der Waals surface area contributed by atoms with Crippen LogP contribution in [0.25, 0.3) is 17.4 Å². The lowest BCUT2D eigenvalue weighted by atomic mass is 9.90. The molecule has 1 atom stereocenters. The number of rotatable bonds is 3. The van der Waals surface area contributed by atoms with E-state index in [1.165, 1.54) is 6.07 Å². The topological polar surface area (TPSA) is 115 Å². The fourth-order valence-corrected chi connectivity index (χ4v) is 4.66. The molecule has 0 amide bonds. The average molecular weight is 393 g/mol. The lowest BCUT2D eigenvalue weighted by Crippen LogP contribution is -2.21. The largest absolute Gasteiger partial charge is 0.507 e. The van der Waals surface area contributed by atoms with Gasteiger partial charge in [-0.05, 0) is 49.8 Å². The van der Waals surface area contributed by atoms with Gasteiger partial charge in [-0.2, -0.15) is 5.10 Å². The van der Waals surface area contributed by atoms with Crippen LogP contribution >= 0.6 is 11.8 Å². The van der Waals surface area contributed by atoms with Gasteiger partial charge in [0.15, 0.2) is 11.6 Å². The maximum absolute atomic E-state index is 12.7. The molecule has 28 heavy (non-hydrogen) atoms. The van der Waals surface area contributed by atoms with Crippen molar-refractivity contribution in [3.63, 3.8) is 0 Å². The second-order valence-electron chi connectivity index (χ2n) is 6.83. The maximum Gasteiger partial charge on any atom is 0.196 e. The molecular weight excluding hydrogens is 374 g/mol. The highest BCUT2D eigenvalue weighted by Crippen LogP contribution is 2.51. The lowest BCUT2D eigenvalue weighted by molar-refractivity contribution is -0.111. The van der Waals surface area contributed by atoms with Gasteiger partial charge < -0.3 is 21.1 Å². The number of furan rings is 1. The molecule has 2 aromatic rings. The second-order valence-corrected chi connectivity index (χ2v) is 8.38. The molecule has 142 valence electrons. The Morgan fingerprint density at radius 1 is 1.36 bits per heavy atom. The number of amidine groups is 1. The summed E-state index contributed by atoms with van der Waals surface area (Å²) in [7, 11) is 0. The highest BCUT2D eigenvalue weighted by Gasteiger charge is 2.43. The van der Waals surface area contributed by atoms with Gasteiger partial charge in [0, 0.05) is 11.1 Å². The molecule has 1 fully saturated rings. The Hall–Kier alpha value is -3.19. The number of allylic oxidation sites excluding steroid dienone is 4. The fourth-order valence-electron chi connectivity index (χ4n) is 3.35. The summed E-state index contributed by atoms with van der Waals surface area (Å²) >= 11 is 1.57. The summed E-state index contributed by atoms with van der Waals surface area (Å²) in [5.74, 6) is 6.43. The monoisotopic (exact) mass is 393 g/mol. The van der Waals surface area contributed by atoms with Gasteiger partial charge in [0.25, 0.3) is 0 Å². The van der Waals surface area contributed by atoms with E-state index in [4.69, 9.17) is 16.0 Å². The van der Waals surface area contributed by atoms with Gasteiger partial charge in [-0.3, -0.25) is 4.79 Å². The number of phenolic OH excluding ortho intramolecular Hbond substituents is 1. The van der Waals surface area contributed by atoms with Crippen LogP contribution in [-0.4, -0.2) is 21.5 Å². The van der Waals surface area contributed by atoms with Crippen molar-refractivity contribution < 1.29 is 14.3 Å². The van der Waals surface area contributed by atoms with Crippen LogP contribution in [0.4, 0.5) is 0 Å². The number of nitrogens with zero attached hydrogens (tertiary/aromatic N) is 1. The third-order valence-electron chi connectivity index (χ3n) is 4.88. The molecule has 0 radical (unpaired) electrons. The van der Waals surface area contributed by atoms with E-state index >= 15 is 0 Å². The predicted octanol–water partition coefficient (Wildman–Crippen LogP) is 3.53. The molecule has 1 saturated heterocycles. The molecule has 6 nitrogen and oxygen atoms in total. The van der Waals surface area contributed by atoms with E-state index in [0.29, 0.717) is 27.6 Å². The first-order valence-electron chi connectivity index (χ1n) is 8.71. The molecule has 4 rings (SSSR count). The first-order valence-corrected chi connectivity index (χ1v) is 9.52. The van der Waals surface area contributed by atoms with E-state index < -0.39 is 0 Å². The zero-order chi connectivity index (χ0) is 19.9. The standard InChI is InChI=1S/C21H19N3O3S/c1-21-9-3-2-4-15(21)19(26)18(28-21)11-13-6-8-17(27-13)12-5-7-16(25)14(10-12)20(22)24-23/h2-8,10-11,25H,9,23H2,1H3,(H2,22,24)/b18-11-. The molecule has 1 unspecified atom stereocenters. The summed E-state index contributed by atoms with van der Waals surface area (Å²) in [5, 5.41) is 13.3. The van der Waals surface area contributed by atoms with Gasteiger partial charge >= 0.3 is 0 Å². The Balaban J connectivity index is 1.65. The minimum atomic E-state index is -0.210.